The normalized spacial score (nSPS) is 15.1. The van der Waals surface area contributed by atoms with Crippen LogP contribution in [-0.2, 0) is 11.3 Å². The molecule has 1 unspecified atom stereocenters. The van der Waals surface area contributed by atoms with Gasteiger partial charge in [-0.05, 0) is 38.0 Å². The van der Waals surface area contributed by atoms with Crippen molar-refractivity contribution in [1.82, 2.24) is 15.1 Å². The van der Waals surface area contributed by atoms with Crippen LogP contribution in [0.5, 0.6) is 0 Å². The first kappa shape index (κ1) is 16.3. The van der Waals surface area contributed by atoms with Gasteiger partial charge in [0.2, 0.25) is 5.91 Å². The van der Waals surface area contributed by atoms with Crippen LogP contribution in [0.3, 0.4) is 0 Å². The Morgan fingerprint density at radius 2 is 1.96 bits per heavy atom. The fourth-order valence-corrected chi connectivity index (χ4v) is 2.45. The molecule has 1 aliphatic carbocycles. The lowest BCUT2D eigenvalue weighted by Gasteiger charge is -2.15. The Balaban J connectivity index is 1.73. The zero-order chi connectivity index (χ0) is 17.3. The van der Waals surface area contributed by atoms with Gasteiger partial charge in [-0.1, -0.05) is 6.07 Å². The summed E-state index contributed by atoms with van der Waals surface area (Å²) < 4.78 is 28.3. The topological polar surface area (TPSA) is 64.0 Å². The predicted molar refractivity (Wildman–Crippen MR) is 83.4 cm³/mol. The van der Waals surface area contributed by atoms with E-state index in [4.69, 9.17) is 0 Å². The number of halogens is 2. The van der Waals surface area contributed by atoms with Crippen LogP contribution >= 0.6 is 0 Å². The summed E-state index contributed by atoms with van der Waals surface area (Å²) in [6.45, 7) is 1.23. The van der Waals surface area contributed by atoms with Crippen molar-refractivity contribution >= 4 is 5.91 Å². The standard InChI is InChI=1S/C17H17F2N3O2/c1-10(22-16(23)8-7-15(21-22)11-5-6-11)17(24)20-9-12-13(18)3-2-4-14(12)19/h2-4,7-8,10-11H,5-6,9H2,1H3,(H,20,24). The van der Waals surface area contributed by atoms with E-state index in [9.17, 15) is 18.4 Å². The molecule has 24 heavy (non-hydrogen) atoms. The number of carbonyl (C=O) groups excluding carboxylic acids is 1. The molecule has 0 radical (unpaired) electrons. The van der Waals surface area contributed by atoms with E-state index < -0.39 is 23.6 Å². The lowest BCUT2D eigenvalue weighted by atomic mass is 10.2. The second-order valence-corrected chi connectivity index (χ2v) is 5.91. The number of hydrogen-bond donors (Lipinski definition) is 1. The molecule has 1 saturated carbocycles. The van der Waals surface area contributed by atoms with Crippen LogP contribution in [0.2, 0.25) is 0 Å². The highest BCUT2D eigenvalue weighted by Gasteiger charge is 2.27. The molecule has 7 heteroatoms. The van der Waals surface area contributed by atoms with E-state index in [0.717, 1.165) is 35.4 Å². The largest absolute Gasteiger partial charge is 0.350 e. The van der Waals surface area contributed by atoms with Gasteiger partial charge in [-0.2, -0.15) is 5.10 Å². The number of amides is 1. The molecule has 1 fully saturated rings. The van der Waals surface area contributed by atoms with E-state index in [2.05, 4.69) is 10.4 Å². The highest BCUT2D eigenvalue weighted by Crippen LogP contribution is 2.38. The molecule has 0 bridgehead atoms. The second-order valence-electron chi connectivity index (χ2n) is 5.91. The fraction of sp³-hybridized carbons (Fsp3) is 0.353. The van der Waals surface area contributed by atoms with Crippen molar-refractivity contribution in [2.75, 3.05) is 0 Å². The zero-order valence-electron chi connectivity index (χ0n) is 13.1. The van der Waals surface area contributed by atoms with E-state index in [1.54, 1.807) is 6.07 Å². The number of nitrogens with zero attached hydrogens (tertiary/aromatic N) is 2. The maximum Gasteiger partial charge on any atom is 0.267 e. The molecule has 5 nitrogen and oxygen atoms in total. The van der Waals surface area contributed by atoms with Crippen LogP contribution < -0.4 is 10.9 Å². The van der Waals surface area contributed by atoms with Crippen molar-refractivity contribution in [1.29, 1.82) is 0 Å². The van der Waals surface area contributed by atoms with Crippen LogP contribution in [0, 0.1) is 11.6 Å². The molecule has 0 aliphatic heterocycles. The van der Waals surface area contributed by atoms with Crippen LogP contribution in [0.1, 0.15) is 43.0 Å². The summed E-state index contributed by atoms with van der Waals surface area (Å²) in [5.74, 6) is -1.64. The number of hydrogen-bond acceptors (Lipinski definition) is 3. The predicted octanol–water partition coefficient (Wildman–Crippen LogP) is 2.28. The van der Waals surface area contributed by atoms with Crippen LogP contribution in [0.4, 0.5) is 8.78 Å². The summed E-state index contributed by atoms with van der Waals surface area (Å²) in [6, 6.07) is 5.70. The number of nitrogens with one attached hydrogen (secondary N) is 1. The van der Waals surface area contributed by atoms with Gasteiger partial charge in [0, 0.05) is 24.1 Å². The average Bonchev–Trinajstić information content (AvgIpc) is 3.39. The highest BCUT2D eigenvalue weighted by atomic mass is 19.1. The van der Waals surface area contributed by atoms with Gasteiger partial charge in [0.15, 0.2) is 0 Å². The third kappa shape index (κ3) is 3.34. The number of rotatable bonds is 5. The van der Waals surface area contributed by atoms with Gasteiger partial charge in [-0.3, -0.25) is 9.59 Å². The molecule has 0 spiro atoms. The molecule has 1 N–H and O–H groups in total. The molecule has 126 valence electrons. The van der Waals surface area contributed by atoms with Crippen molar-refractivity contribution < 1.29 is 13.6 Å². The lowest BCUT2D eigenvalue weighted by molar-refractivity contribution is -0.124. The molecule has 1 amide bonds. The summed E-state index contributed by atoms with van der Waals surface area (Å²) in [7, 11) is 0. The molecule has 1 heterocycles. The van der Waals surface area contributed by atoms with Crippen molar-refractivity contribution in [2.45, 2.75) is 38.3 Å². The molecule has 1 aliphatic rings. The van der Waals surface area contributed by atoms with Crippen LogP contribution in [0.15, 0.2) is 35.1 Å². The van der Waals surface area contributed by atoms with Crippen molar-refractivity contribution in [2.24, 2.45) is 0 Å². The number of aromatic nitrogens is 2. The molecule has 3 rings (SSSR count). The van der Waals surface area contributed by atoms with Gasteiger partial charge in [0.25, 0.3) is 5.56 Å². The van der Waals surface area contributed by atoms with Crippen LogP contribution in [0.25, 0.3) is 0 Å². The minimum absolute atomic E-state index is 0.218. The Kier molecular flexibility index (Phi) is 4.42. The molecule has 1 aromatic heterocycles. The average molecular weight is 333 g/mol. The summed E-state index contributed by atoms with van der Waals surface area (Å²) in [5, 5.41) is 6.69. The van der Waals surface area contributed by atoms with Gasteiger partial charge < -0.3 is 5.32 Å². The van der Waals surface area contributed by atoms with Crippen molar-refractivity contribution in [3.8, 4) is 0 Å². The second kappa shape index (κ2) is 6.51. The summed E-state index contributed by atoms with van der Waals surface area (Å²) in [5.41, 5.74) is 0.179. The Hall–Kier alpha value is -2.57. The third-order valence-electron chi connectivity index (χ3n) is 4.09. The molecule has 2 aromatic rings. The zero-order valence-corrected chi connectivity index (χ0v) is 13.1. The minimum atomic E-state index is -0.869. The highest BCUT2D eigenvalue weighted by molar-refractivity contribution is 5.79. The van der Waals surface area contributed by atoms with Gasteiger partial charge in [0.1, 0.15) is 17.7 Å². The number of carbonyl (C=O) groups is 1. The van der Waals surface area contributed by atoms with E-state index in [0.29, 0.717) is 5.92 Å². The smallest absolute Gasteiger partial charge is 0.267 e. The summed E-state index contributed by atoms with van der Waals surface area (Å²) in [4.78, 5) is 24.2. The first-order chi connectivity index (χ1) is 11.5. The molecular weight excluding hydrogens is 316 g/mol. The van der Waals surface area contributed by atoms with Crippen LogP contribution in [-0.4, -0.2) is 15.7 Å². The molecule has 1 aromatic carbocycles. The first-order valence-corrected chi connectivity index (χ1v) is 7.77. The summed E-state index contributed by atoms with van der Waals surface area (Å²) in [6.07, 6.45) is 2.05. The van der Waals surface area contributed by atoms with E-state index in [1.165, 1.54) is 19.1 Å². The fourth-order valence-electron chi connectivity index (χ4n) is 2.45. The maximum absolute atomic E-state index is 13.6. The third-order valence-corrected chi connectivity index (χ3v) is 4.09. The number of benzene rings is 1. The van der Waals surface area contributed by atoms with Crippen molar-refractivity contribution in [3.05, 3.63) is 63.6 Å². The summed E-state index contributed by atoms with van der Waals surface area (Å²) >= 11 is 0. The van der Waals surface area contributed by atoms with Gasteiger partial charge >= 0.3 is 0 Å². The SMILES string of the molecule is CC(C(=O)NCc1c(F)cccc1F)n1nc(C2CC2)ccc1=O. The maximum atomic E-state index is 13.6. The quantitative estimate of drug-likeness (QED) is 0.913. The lowest BCUT2D eigenvalue weighted by Crippen LogP contribution is -2.37. The molecule has 0 saturated heterocycles. The Morgan fingerprint density at radius 3 is 2.58 bits per heavy atom. The van der Waals surface area contributed by atoms with E-state index in [-0.39, 0.29) is 17.7 Å². The monoisotopic (exact) mass is 333 g/mol. The first-order valence-electron chi connectivity index (χ1n) is 7.77. The minimum Gasteiger partial charge on any atom is -0.350 e. The molecule has 1 atom stereocenters. The van der Waals surface area contributed by atoms with Gasteiger partial charge in [-0.25, -0.2) is 13.5 Å². The Morgan fingerprint density at radius 1 is 1.29 bits per heavy atom. The molecular formula is C17H17F2N3O2. The van der Waals surface area contributed by atoms with Crippen molar-refractivity contribution in [3.63, 3.8) is 0 Å². The Labute approximate surface area is 137 Å². The Bertz CT molecular complexity index is 811. The van der Waals surface area contributed by atoms with E-state index in [1.807, 2.05) is 0 Å². The van der Waals surface area contributed by atoms with Gasteiger partial charge in [-0.15, -0.1) is 0 Å². The van der Waals surface area contributed by atoms with E-state index >= 15 is 0 Å². The van der Waals surface area contributed by atoms with Gasteiger partial charge in [0.05, 0.1) is 5.69 Å².